The molecule has 1 aromatic carbocycles. The minimum Gasteiger partial charge on any atom is -0.741 e. The molecule has 126 valence electrons. The molecule has 0 fully saturated rings. The Kier molecular flexibility index (Phi) is 5.19. The highest BCUT2D eigenvalue weighted by Crippen LogP contribution is 2.55. The zero-order chi connectivity index (χ0) is 17.3. The van der Waals surface area contributed by atoms with E-state index in [1.807, 2.05) is 0 Å². The maximum atomic E-state index is 12.6. The number of hydrogen-bond donors (Lipinski definition) is 1. The number of thiol groups is 1. The predicted molar refractivity (Wildman–Crippen MR) is 67.4 cm³/mol. The van der Waals surface area contributed by atoms with Crippen LogP contribution in [0.15, 0.2) is 29.2 Å². The average Bonchev–Trinajstić information content (AvgIpc) is 2.66. The van der Waals surface area contributed by atoms with Gasteiger partial charge in [-0.2, -0.15) is 30.9 Å². The van der Waals surface area contributed by atoms with E-state index < -0.39 is 32.0 Å². The first-order chi connectivity index (χ1) is 9.75. The van der Waals surface area contributed by atoms with E-state index in [2.05, 4.69) is 0 Å². The fourth-order valence-corrected chi connectivity index (χ4v) is 3.19. The maximum Gasteiger partial charge on any atom is 0.485 e. The van der Waals surface area contributed by atoms with Gasteiger partial charge in [-0.05, 0) is 17.0 Å². The Morgan fingerprint density at radius 2 is 1.55 bits per heavy atom. The minimum atomic E-state index is -6.09. The molecule has 0 aromatic heterocycles. The van der Waals surface area contributed by atoms with Crippen LogP contribution in [0.4, 0.5) is 32.0 Å². The molecule has 0 N–H and O–H groups in total. The van der Waals surface area contributed by atoms with Gasteiger partial charge in [0.2, 0.25) is 5.69 Å². The first-order valence-electron chi connectivity index (χ1n) is 5.30. The third kappa shape index (κ3) is 4.36. The molecule has 22 heavy (non-hydrogen) atoms. The smallest absolute Gasteiger partial charge is 0.485 e. The number of fused-ring (bicyclic) bond motifs is 1. The van der Waals surface area contributed by atoms with E-state index >= 15 is 0 Å². The van der Waals surface area contributed by atoms with E-state index in [9.17, 15) is 26.3 Å². The Balaban J connectivity index is 0.000000261. The van der Waals surface area contributed by atoms with E-state index in [0.717, 1.165) is 0 Å². The van der Waals surface area contributed by atoms with E-state index in [4.69, 9.17) is 13.0 Å². The third-order valence-electron chi connectivity index (χ3n) is 2.37. The minimum absolute atomic E-state index is 0.400. The van der Waals surface area contributed by atoms with E-state index in [-0.39, 0.29) is 0 Å². The van der Waals surface area contributed by atoms with Gasteiger partial charge >= 0.3 is 11.0 Å². The van der Waals surface area contributed by atoms with Crippen LogP contribution in [0.1, 0.15) is 0 Å². The van der Waals surface area contributed by atoms with Crippen molar-refractivity contribution in [2.75, 3.05) is 7.05 Å². The molecule has 0 aliphatic carbocycles. The first kappa shape index (κ1) is 18.8. The van der Waals surface area contributed by atoms with E-state index in [0.29, 0.717) is 10.6 Å². The number of alkyl halides is 6. The van der Waals surface area contributed by atoms with Gasteiger partial charge in [0, 0.05) is 6.07 Å². The number of para-hydroxylation sites is 1. The fraction of sp³-hybridized carbons (Fsp3) is 0.300. The van der Waals surface area contributed by atoms with Gasteiger partial charge in [0.15, 0.2) is 15.7 Å². The monoisotopic (exact) mass is 369 g/mol. The summed E-state index contributed by atoms with van der Waals surface area (Å²) in [6.45, 7) is 0. The summed E-state index contributed by atoms with van der Waals surface area (Å²) < 4.78 is 98.2. The van der Waals surface area contributed by atoms with Crippen LogP contribution >= 0.6 is 10.9 Å². The van der Waals surface area contributed by atoms with Crippen LogP contribution in [-0.2, 0) is 10.1 Å². The molecule has 4 nitrogen and oxygen atoms in total. The lowest BCUT2D eigenvalue weighted by atomic mass is 10.3. The Bertz CT molecular complexity index is 681. The molecule has 12 heteroatoms. The molecule has 0 spiro atoms. The SMILES string of the molecule is C[N+]1=C[SH](C(F)(F)F)c2ccccc21.O=S(=O)([O-])C(F)(F)F. The van der Waals surface area contributed by atoms with Crippen LogP contribution in [0.5, 0.6) is 0 Å². The Morgan fingerprint density at radius 1 is 1.09 bits per heavy atom. The van der Waals surface area contributed by atoms with Crippen LogP contribution < -0.4 is 0 Å². The first-order valence-corrected chi connectivity index (χ1v) is 8.12. The van der Waals surface area contributed by atoms with Crippen molar-refractivity contribution in [1.29, 1.82) is 0 Å². The highest BCUT2D eigenvalue weighted by Gasteiger charge is 2.44. The van der Waals surface area contributed by atoms with Crippen molar-refractivity contribution in [2.24, 2.45) is 0 Å². The van der Waals surface area contributed by atoms with Gasteiger partial charge in [-0.15, -0.1) is 0 Å². The molecule has 1 aromatic rings. The Labute approximate surface area is 124 Å². The molecule has 1 aliphatic heterocycles. The lowest BCUT2D eigenvalue weighted by Gasteiger charge is -2.13. The summed E-state index contributed by atoms with van der Waals surface area (Å²) >= 11 is 0. The van der Waals surface area contributed by atoms with Gasteiger partial charge in [-0.25, -0.2) is 8.42 Å². The molecule has 1 aliphatic rings. The van der Waals surface area contributed by atoms with Crippen molar-refractivity contribution in [3.8, 4) is 0 Å². The second-order valence-electron chi connectivity index (χ2n) is 3.95. The number of hydrogen-bond acceptors (Lipinski definition) is 3. The summed E-state index contributed by atoms with van der Waals surface area (Å²) in [5, 5.41) is 0. The molecule has 0 saturated carbocycles. The largest absolute Gasteiger partial charge is 0.741 e. The quantitative estimate of drug-likeness (QED) is 0.252. The number of halogens is 6. The van der Waals surface area contributed by atoms with Gasteiger partial charge in [0.05, 0.1) is 4.90 Å². The van der Waals surface area contributed by atoms with Crippen molar-refractivity contribution >= 4 is 32.2 Å². The molecule has 0 amide bonds. The molecular formula is C10H9F6NO3S2. The zero-order valence-corrected chi connectivity index (χ0v) is 12.4. The highest BCUT2D eigenvalue weighted by atomic mass is 32.2. The maximum absolute atomic E-state index is 12.6. The van der Waals surface area contributed by atoms with Crippen LogP contribution in [0.3, 0.4) is 0 Å². The topological polar surface area (TPSA) is 60.2 Å². The van der Waals surface area contributed by atoms with E-state index in [1.165, 1.54) is 5.55 Å². The van der Waals surface area contributed by atoms with Gasteiger partial charge in [-0.1, -0.05) is 12.1 Å². The number of nitrogens with zero attached hydrogens (tertiary/aromatic N) is 1. The summed E-state index contributed by atoms with van der Waals surface area (Å²) in [5.41, 5.74) is -7.85. The second-order valence-corrected chi connectivity index (χ2v) is 7.28. The lowest BCUT2D eigenvalue weighted by molar-refractivity contribution is -0.397. The third-order valence-corrected chi connectivity index (χ3v) is 4.95. The van der Waals surface area contributed by atoms with Gasteiger partial charge < -0.3 is 4.55 Å². The summed E-state index contributed by atoms with van der Waals surface area (Å²) in [6.07, 6.45) is 0. The number of rotatable bonds is 0. The molecule has 0 bridgehead atoms. The van der Waals surface area contributed by atoms with Crippen LogP contribution in [0.2, 0.25) is 0 Å². The zero-order valence-electron chi connectivity index (χ0n) is 10.7. The Morgan fingerprint density at radius 3 is 1.95 bits per heavy atom. The van der Waals surface area contributed by atoms with Gasteiger partial charge in [0.1, 0.15) is 7.05 Å². The standard InChI is InChI=1S/C9H9F3NS.CHF3O3S/c1-13-6-14(9(10,11)12)8-5-3-2-4-7(8)13;2-1(3,4)8(5,6)7/h2-6,14H,1H3;(H,5,6,7)/q+1;/p-1. The molecule has 1 unspecified atom stereocenters. The second kappa shape index (κ2) is 6.08. The fourth-order valence-electron chi connectivity index (χ4n) is 1.47. The van der Waals surface area contributed by atoms with Crippen LogP contribution in [0.25, 0.3) is 0 Å². The van der Waals surface area contributed by atoms with Gasteiger partial charge in [0.25, 0.3) is 0 Å². The van der Waals surface area contributed by atoms with Crippen molar-refractivity contribution in [2.45, 2.75) is 15.9 Å². The average molecular weight is 369 g/mol. The van der Waals surface area contributed by atoms with E-state index in [1.54, 1.807) is 35.9 Å². The molecule has 1 heterocycles. The summed E-state index contributed by atoms with van der Waals surface area (Å²) in [7, 11) is -6.58. The number of benzene rings is 1. The van der Waals surface area contributed by atoms with Crippen molar-refractivity contribution < 1.29 is 43.9 Å². The molecule has 2 rings (SSSR count). The van der Waals surface area contributed by atoms with Crippen molar-refractivity contribution in [3.05, 3.63) is 24.3 Å². The summed E-state index contributed by atoms with van der Waals surface area (Å²) in [6, 6.07) is 6.65. The molecular weight excluding hydrogens is 360 g/mol. The predicted octanol–water partition coefficient (Wildman–Crippen LogP) is 2.93. The normalized spacial score (nSPS) is 19.8. The van der Waals surface area contributed by atoms with Gasteiger partial charge in [-0.3, -0.25) is 0 Å². The summed E-state index contributed by atoms with van der Waals surface area (Å²) in [5.74, 6) is 0. The Hall–Kier alpha value is -1.27. The lowest BCUT2D eigenvalue weighted by Crippen LogP contribution is -2.21. The van der Waals surface area contributed by atoms with Crippen LogP contribution in [-0.4, -0.2) is 41.2 Å². The molecule has 1 atom stereocenters. The van der Waals surface area contributed by atoms with Crippen molar-refractivity contribution in [1.82, 2.24) is 0 Å². The summed E-state index contributed by atoms with van der Waals surface area (Å²) in [4.78, 5) is 0.400. The van der Waals surface area contributed by atoms with Crippen molar-refractivity contribution in [3.63, 3.8) is 0 Å². The van der Waals surface area contributed by atoms with Crippen LogP contribution in [0, 0.1) is 0 Å². The molecule has 0 saturated heterocycles. The molecule has 0 radical (unpaired) electrons. The highest BCUT2D eigenvalue weighted by molar-refractivity contribution is 8.29.